The molecule has 1 aromatic heterocycles. The van der Waals surface area contributed by atoms with Crippen molar-refractivity contribution in [3.8, 4) is 18.2 Å². The lowest BCUT2D eigenvalue weighted by Gasteiger charge is -2.32. The zero-order valence-electron chi connectivity index (χ0n) is 12.0. The lowest BCUT2D eigenvalue weighted by Crippen LogP contribution is -2.41. The van der Waals surface area contributed by atoms with E-state index in [9.17, 15) is 0 Å². The second-order valence-corrected chi connectivity index (χ2v) is 5.53. The van der Waals surface area contributed by atoms with Crippen molar-refractivity contribution in [2.45, 2.75) is 38.9 Å². The summed E-state index contributed by atoms with van der Waals surface area (Å²) in [7, 11) is 1.05. The lowest BCUT2D eigenvalue weighted by atomic mass is 9.79. The lowest BCUT2D eigenvalue weighted by molar-refractivity contribution is 0.00578. The fourth-order valence-corrected chi connectivity index (χ4v) is 1.84. The van der Waals surface area contributed by atoms with Gasteiger partial charge in [0, 0.05) is 5.46 Å². The Balaban J connectivity index is 2.37. The summed E-state index contributed by atoms with van der Waals surface area (Å²) in [5.41, 5.74) is 0.485. The fraction of sp³-hybridized carbons (Fsp3) is 0.500. The number of ether oxygens (including phenoxy) is 1. The number of hydrogen-bond acceptors (Lipinski definition) is 4. The van der Waals surface area contributed by atoms with E-state index < -0.39 is 18.3 Å². The van der Waals surface area contributed by atoms with Crippen LogP contribution in [0.3, 0.4) is 0 Å². The van der Waals surface area contributed by atoms with Gasteiger partial charge < -0.3 is 14.0 Å². The van der Waals surface area contributed by atoms with E-state index in [1.807, 2.05) is 33.8 Å². The Hall–Kier alpha value is -1.51. The molecule has 0 N–H and O–H groups in total. The van der Waals surface area contributed by atoms with Crippen molar-refractivity contribution >= 4 is 12.6 Å². The summed E-state index contributed by atoms with van der Waals surface area (Å²) in [6.07, 6.45) is 5.33. The Morgan fingerprint density at radius 2 is 1.79 bits per heavy atom. The van der Waals surface area contributed by atoms with Gasteiger partial charge in [-0.15, -0.1) is 6.42 Å². The molecule has 0 aromatic carbocycles. The zero-order valence-corrected chi connectivity index (χ0v) is 12.0. The predicted molar refractivity (Wildman–Crippen MR) is 74.4 cm³/mol. The molecule has 1 saturated heterocycles. The number of hydrogen-bond donors (Lipinski definition) is 0. The van der Waals surface area contributed by atoms with E-state index >= 15 is 0 Å². The summed E-state index contributed by atoms with van der Waals surface area (Å²) < 4.78 is 17.2. The third kappa shape index (κ3) is 2.34. The fourth-order valence-electron chi connectivity index (χ4n) is 1.84. The van der Waals surface area contributed by atoms with Crippen molar-refractivity contribution in [1.29, 1.82) is 0 Å². The Labute approximate surface area is 114 Å². The molecule has 0 radical (unpaired) electrons. The van der Waals surface area contributed by atoms with Crippen LogP contribution in [0.2, 0.25) is 0 Å². The highest BCUT2D eigenvalue weighted by Gasteiger charge is 2.52. The van der Waals surface area contributed by atoms with Gasteiger partial charge in [-0.1, -0.05) is 12.0 Å². The summed E-state index contributed by atoms with van der Waals surface area (Å²) in [5, 5.41) is 0. The first kappa shape index (κ1) is 13.9. The van der Waals surface area contributed by atoms with Crippen LogP contribution < -0.4 is 10.2 Å². The highest BCUT2D eigenvalue weighted by Crippen LogP contribution is 2.36. The molecular weight excluding hydrogens is 241 g/mol. The smallest absolute Gasteiger partial charge is 0.481 e. The number of terminal acetylenes is 1. The Morgan fingerprint density at radius 3 is 2.26 bits per heavy atom. The standard InChI is InChI=1S/C14H18BNO3/c1-7-10-8-9-11(12(16-10)17-6)15-18-13(2,3)14(4,5)19-15/h1,8-9H,2-6H3. The van der Waals surface area contributed by atoms with E-state index in [1.54, 1.807) is 13.2 Å². The molecule has 0 saturated carbocycles. The van der Waals surface area contributed by atoms with Gasteiger partial charge in [0.05, 0.1) is 18.3 Å². The monoisotopic (exact) mass is 259 g/mol. The van der Waals surface area contributed by atoms with Crippen molar-refractivity contribution in [1.82, 2.24) is 4.98 Å². The van der Waals surface area contributed by atoms with Crippen molar-refractivity contribution in [2.24, 2.45) is 0 Å². The molecule has 0 unspecified atom stereocenters. The molecule has 1 aliphatic heterocycles. The largest absolute Gasteiger partial charge is 0.500 e. The Kier molecular flexibility index (Phi) is 3.33. The van der Waals surface area contributed by atoms with E-state index in [2.05, 4.69) is 10.9 Å². The number of rotatable bonds is 2. The minimum absolute atomic E-state index is 0.395. The number of methoxy groups -OCH3 is 1. The maximum atomic E-state index is 5.97. The Bertz CT molecular complexity index is 518. The van der Waals surface area contributed by atoms with E-state index in [-0.39, 0.29) is 0 Å². The average molecular weight is 259 g/mol. The van der Waals surface area contributed by atoms with Crippen molar-refractivity contribution in [3.63, 3.8) is 0 Å². The molecule has 0 atom stereocenters. The van der Waals surface area contributed by atoms with Gasteiger partial charge >= 0.3 is 7.12 Å². The second-order valence-electron chi connectivity index (χ2n) is 5.53. The molecule has 4 nitrogen and oxygen atoms in total. The minimum Gasteiger partial charge on any atom is -0.481 e. The predicted octanol–water partition coefficient (Wildman–Crippen LogP) is 1.37. The quantitative estimate of drug-likeness (QED) is 0.594. The molecule has 100 valence electrons. The third-order valence-electron chi connectivity index (χ3n) is 3.74. The maximum absolute atomic E-state index is 5.97. The van der Waals surface area contributed by atoms with Gasteiger partial charge in [0.15, 0.2) is 0 Å². The van der Waals surface area contributed by atoms with E-state index in [0.29, 0.717) is 11.6 Å². The first-order valence-corrected chi connectivity index (χ1v) is 6.18. The van der Waals surface area contributed by atoms with Crippen LogP contribution in [0.15, 0.2) is 12.1 Å². The van der Waals surface area contributed by atoms with Crippen LogP contribution in [0.25, 0.3) is 0 Å². The van der Waals surface area contributed by atoms with Crippen LogP contribution in [0.5, 0.6) is 5.88 Å². The van der Waals surface area contributed by atoms with Crippen LogP contribution >= 0.6 is 0 Å². The van der Waals surface area contributed by atoms with Crippen LogP contribution in [0.1, 0.15) is 33.4 Å². The first-order chi connectivity index (χ1) is 8.80. The highest BCUT2D eigenvalue weighted by atomic mass is 16.7. The van der Waals surface area contributed by atoms with Crippen LogP contribution in [0.4, 0.5) is 0 Å². The van der Waals surface area contributed by atoms with E-state index in [4.69, 9.17) is 20.5 Å². The van der Waals surface area contributed by atoms with Crippen LogP contribution in [0, 0.1) is 12.3 Å². The summed E-state index contributed by atoms with van der Waals surface area (Å²) in [5.74, 6) is 2.92. The van der Waals surface area contributed by atoms with Gasteiger partial charge in [0.2, 0.25) is 5.88 Å². The molecule has 1 aromatic rings. The Morgan fingerprint density at radius 1 is 1.21 bits per heavy atom. The first-order valence-electron chi connectivity index (χ1n) is 6.18. The second kappa shape index (κ2) is 4.55. The van der Waals surface area contributed by atoms with Gasteiger partial charge in [-0.2, -0.15) is 0 Å². The molecule has 5 heteroatoms. The van der Waals surface area contributed by atoms with Crippen LogP contribution in [-0.2, 0) is 9.31 Å². The van der Waals surface area contributed by atoms with Gasteiger partial charge in [0.25, 0.3) is 0 Å². The molecule has 0 bridgehead atoms. The molecule has 19 heavy (non-hydrogen) atoms. The topological polar surface area (TPSA) is 40.6 Å². The molecular formula is C14H18BNO3. The molecule has 1 fully saturated rings. The van der Waals surface area contributed by atoms with Crippen molar-refractivity contribution < 1.29 is 14.0 Å². The van der Waals surface area contributed by atoms with Gasteiger partial charge in [-0.3, -0.25) is 0 Å². The normalized spacial score (nSPS) is 20.1. The molecule has 0 aliphatic carbocycles. The average Bonchev–Trinajstić information content (AvgIpc) is 2.57. The SMILES string of the molecule is C#Cc1ccc(B2OC(C)(C)C(C)(C)O2)c(OC)n1. The highest BCUT2D eigenvalue weighted by molar-refractivity contribution is 6.63. The summed E-state index contributed by atoms with van der Waals surface area (Å²) in [4.78, 5) is 4.23. The van der Waals surface area contributed by atoms with E-state index in [1.165, 1.54) is 0 Å². The van der Waals surface area contributed by atoms with Gasteiger partial charge in [0.1, 0.15) is 5.69 Å². The molecule has 2 heterocycles. The van der Waals surface area contributed by atoms with Gasteiger partial charge in [-0.05, 0) is 33.8 Å². The number of aromatic nitrogens is 1. The molecule has 0 amide bonds. The third-order valence-corrected chi connectivity index (χ3v) is 3.74. The molecule has 0 spiro atoms. The van der Waals surface area contributed by atoms with Crippen molar-refractivity contribution in [3.05, 3.63) is 17.8 Å². The van der Waals surface area contributed by atoms with Crippen molar-refractivity contribution in [2.75, 3.05) is 7.11 Å². The summed E-state index contributed by atoms with van der Waals surface area (Å²) >= 11 is 0. The number of nitrogens with zero attached hydrogens (tertiary/aromatic N) is 1. The molecule has 1 aliphatic rings. The van der Waals surface area contributed by atoms with Gasteiger partial charge in [-0.25, -0.2) is 4.98 Å². The van der Waals surface area contributed by atoms with E-state index in [0.717, 1.165) is 5.46 Å². The van der Waals surface area contributed by atoms with Crippen LogP contribution in [-0.4, -0.2) is 30.4 Å². The minimum atomic E-state index is -0.501. The summed E-state index contributed by atoms with van der Waals surface area (Å²) in [6, 6.07) is 3.59. The zero-order chi connectivity index (χ0) is 14.3. The maximum Gasteiger partial charge on any atom is 0.500 e. The molecule has 2 rings (SSSR count). The summed E-state index contributed by atoms with van der Waals surface area (Å²) in [6.45, 7) is 8.01. The number of pyridine rings is 1.